The second-order valence-corrected chi connectivity index (χ2v) is 5.27. The first kappa shape index (κ1) is 16.2. The molecule has 18 heavy (non-hydrogen) atoms. The summed E-state index contributed by atoms with van der Waals surface area (Å²) >= 11 is 0. The van der Waals surface area contributed by atoms with Gasteiger partial charge in [-0.1, -0.05) is 20.8 Å². The molecule has 7 nitrogen and oxygen atoms in total. The normalized spacial score (nSPS) is 12.6. The molecule has 0 fully saturated rings. The number of carboxylic acid groups (broad SMARTS) is 1. The Morgan fingerprint density at radius 3 is 2.22 bits per heavy atom. The van der Waals surface area contributed by atoms with Crippen molar-refractivity contribution in [2.45, 2.75) is 39.7 Å². The fourth-order valence-electron chi connectivity index (χ4n) is 1.16. The summed E-state index contributed by atoms with van der Waals surface area (Å²) in [6.07, 6.45) is 0.329. The second kappa shape index (κ2) is 6.83. The first-order valence-electron chi connectivity index (χ1n) is 5.67. The molecule has 0 spiro atoms. The number of hydrogen-bond acceptors (Lipinski definition) is 3. The highest BCUT2D eigenvalue weighted by Crippen LogP contribution is 2.16. The highest BCUT2D eigenvalue weighted by Gasteiger charge is 2.22. The summed E-state index contributed by atoms with van der Waals surface area (Å²) in [5.41, 5.74) is 4.97. The lowest BCUT2D eigenvalue weighted by Gasteiger charge is -2.19. The lowest BCUT2D eigenvalue weighted by molar-refractivity contribution is -0.140. The van der Waals surface area contributed by atoms with Crippen molar-refractivity contribution in [2.75, 3.05) is 6.54 Å². The van der Waals surface area contributed by atoms with Crippen molar-refractivity contribution >= 4 is 17.9 Å². The second-order valence-electron chi connectivity index (χ2n) is 5.27. The molecule has 0 saturated carbocycles. The molecule has 0 radical (unpaired) electrons. The van der Waals surface area contributed by atoms with Gasteiger partial charge < -0.3 is 21.5 Å². The number of nitrogens with one attached hydrogen (secondary N) is 2. The van der Waals surface area contributed by atoms with Crippen LogP contribution in [0, 0.1) is 5.41 Å². The number of rotatable bonds is 6. The summed E-state index contributed by atoms with van der Waals surface area (Å²) in [6, 6.07) is -1.91. The van der Waals surface area contributed by atoms with Gasteiger partial charge in [-0.25, -0.2) is 9.59 Å². The highest BCUT2D eigenvalue weighted by molar-refractivity contribution is 5.87. The quantitative estimate of drug-likeness (QED) is 0.538. The smallest absolute Gasteiger partial charge is 0.326 e. The van der Waals surface area contributed by atoms with E-state index in [2.05, 4.69) is 10.6 Å². The van der Waals surface area contributed by atoms with Crippen molar-refractivity contribution in [3.8, 4) is 0 Å². The molecule has 0 rings (SSSR count). The SMILES string of the molecule is CC(C)(C)CCNC(=O)N[C@@H](CC(N)=O)C(=O)O. The third-order valence-corrected chi connectivity index (χ3v) is 2.17. The molecular weight excluding hydrogens is 238 g/mol. The van der Waals surface area contributed by atoms with Crippen molar-refractivity contribution < 1.29 is 19.5 Å². The Morgan fingerprint density at radius 2 is 1.83 bits per heavy atom. The van der Waals surface area contributed by atoms with Crippen molar-refractivity contribution in [1.82, 2.24) is 10.6 Å². The maximum absolute atomic E-state index is 11.4. The molecule has 0 unspecified atom stereocenters. The van der Waals surface area contributed by atoms with Gasteiger partial charge in [-0.3, -0.25) is 4.79 Å². The summed E-state index contributed by atoms with van der Waals surface area (Å²) in [5.74, 6) is -2.07. The molecule has 0 saturated heterocycles. The number of carbonyl (C=O) groups excluding carboxylic acids is 2. The molecule has 7 heteroatoms. The fraction of sp³-hybridized carbons (Fsp3) is 0.727. The van der Waals surface area contributed by atoms with Gasteiger partial charge in [0.15, 0.2) is 0 Å². The van der Waals surface area contributed by atoms with E-state index < -0.39 is 30.4 Å². The van der Waals surface area contributed by atoms with Crippen LogP contribution in [0.2, 0.25) is 0 Å². The van der Waals surface area contributed by atoms with E-state index in [4.69, 9.17) is 10.8 Å². The van der Waals surface area contributed by atoms with E-state index in [1.54, 1.807) is 0 Å². The van der Waals surface area contributed by atoms with Crippen molar-refractivity contribution in [2.24, 2.45) is 11.1 Å². The molecule has 0 aromatic rings. The van der Waals surface area contributed by atoms with Crippen LogP contribution < -0.4 is 16.4 Å². The molecule has 104 valence electrons. The first-order chi connectivity index (χ1) is 8.11. The van der Waals surface area contributed by atoms with Gasteiger partial charge in [0.1, 0.15) is 6.04 Å². The zero-order chi connectivity index (χ0) is 14.3. The van der Waals surface area contributed by atoms with E-state index in [1.165, 1.54) is 0 Å². The number of aliphatic carboxylic acids is 1. The maximum atomic E-state index is 11.4. The first-order valence-corrected chi connectivity index (χ1v) is 5.67. The molecule has 0 aliphatic heterocycles. The van der Waals surface area contributed by atoms with E-state index in [0.717, 1.165) is 6.42 Å². The van der Waals surface area contributed by atoms with E-state index in [-0.39, 0.29) is 5.41 Å². The third kappa shape index (κ3) is 8.37. The maximum Gasteiger partial charge on any atom is 0.326 e. The van der Waals surface area contributed by atoms with Crippen LogP contribution in [-0.4, -0.2) is 35.6 Å². The highest BCUT2D eigenvalue weighted by atomic mass is 16.4. The molecular formula is C11H21N3O4. The molecule has 3 amide bonds. The Bertz CT molecular complexity index is 323. The zero-order valence-corrected chi connectivity index (χ0v) is 10.9. The minimum Gasteiger partial charge on any atom is -0.480 e. The van der Waals surface area contributed by atoms with Crippen LogP contribution >= 0.6 is 0 Å². The molecule has 0 aliphatic rings. The van der Waals surface area contributed by atoms with Crippen LogP contribution in [0.25, 0.3) is 0 Å². The van der Waals surface area contributed by atoms with E-state index in [1.807, 2.05) is 20.8 Å². The van der Waals surface area contributed by atoms with Crippen molar-refractivity contribution in [3.63, 3.8) is 0 Å². The number of urea groups is 1. The molecule has 5 N–H and O–H groups in total. The van der Waals surface area contributed by atoms with Crippen LogP contribution in [0.15, 0.2) is 0 Å². The predicted molar refractivity (Wildman–Crippen MR) is 65.8 cm³/mol. The summed E-state index contributed by atoms with van der Waals surface area (Å²) in [5, 5.41) is 13.5. The van der Waals surface area contributed by atoms with Crippen LogP contribution in [0.3, 0.4) is 0 Å². The Morgan fingerprint density at radius 1 is 1.28 bits per heavy atom. The summed E-state index contributed by atoms with van der Waals surface area (Å²) in [6.45, 7) is 6.51. The van der Waals surface area contributed by atoms with Gasteiger partial charge in [-0.05, 0) is 11.8 Å². The standard InChI is InChI=1S/C11H21N3O4/c1-11(2,3)4-5-13-10(18)14-7(9(16)17)6-8(12)15/h7H,4-6H2,1-3H3,(H2,12,15)(H,16,17)(H2,13,14,18)/t7-/m0/s1. The van der Waals surface area contributed by atoms with E-state index in [0.29, 0.717) is 6.54 Å². The lowest BCUT2D eigenvalue weighted by atomic mass is 9.92. The number of carbonyl (C=O) groups is 3. The average molecular weight is 259 g/mol. The average Bonchev–Trinajstić information content (AvgIpc) is 2.13. The van der Waals surface area contributed by atoms with Crippen LogP contribution in [0.1, 0.15) is 33.6 Å². The van der Waals surface area contributed by atoms with E-state index in [9.17, 15) is 14.4 Å². The molecule has 0 heterocycles. The number of primary amides is 1. The van der Waals surface area contributed by atoms with Gasteiger partial charge in [0.05, 0.1) is 6.42 Å². The number of nitrogens with two attached hydrogens (primary N) is 1. The monoisotopic (exact) mass is 259 g/mol. The van der Waals surface area contributed by atoms with Gasteiger partial charge >= 0.3 is 12.0 Å². The summed E-state index contributed by atoms with van der Waals surface area (Å²) < 4.78 is 0. The summed E-state index contributed by atoms with van der Waals surface area (Å²) in [4.78, 5) is 32.8. The van der Waals surface area contributed by atoms with Crippen LogP contribution in [0.4, 0.5) is 4.79 Å². The molecule has 1 atom stereocenters. The van der Waals surface area contributed by atoms with Crippen molar-refractivity contribution in [1.29, 1.82) is 0 Å². The van der Waals surface area contributed by atoms with Gasteiger partial charge in [-0.15, -0.1) is 0 Å². The van der Waals surface area contributed by atoms with Crippen molar-refractivity contribution in [3.05, 3.63) is 0 Å². The minimum absolute atomic E-state index is 0.0761. The predicted octanol–water partition coefficient (Wildman–Crippen LogP) is 0.0504. The third-order valence-electron chi connectivity index (χ3n) is 2.17. The van der Waals surface area contributed by atoms with Gasteiger partial charge in [-0.2, -0.15) is 0 Å². The number of hydrogen-bond donors (Lipinski definition) is 4. The minimum atomic E-state index is -1.29. The van der Waals surface area contributed by atoms with Crippen LogP contribution in [-0.2, 0) is 9.59 Å². The topological polar surface area (TPSA) is 122 Å². The Hall–Kier alpha value is -1.79. The Balaban J connectivity index is 4.11. The molecule has 0 aromatic heterocycles. The number of amides is 3. The Labute approximate surface area is 106 Å². The molecule has 0 bridgehead atoms. The Kier molecular flexibility index (Phi) is 6.15. The van der Waals surface area contributed by atoms with E-state index >= 15 is 0 Å². The molecule has 0 aliphatic carbocycles. The summed E-state index contributed by atoms with van der Waals surface area (Å²) in [7, 11) is 0. The van der Waals surface area contributed by atoms with Gasteiger partial charge in [0.2, 0.25) is 5.91 Å². The van der Waals surface area contributed by atoms with Gasteiger partial charge in [0, 0.05) is 6.54 Å². The van der Waals surface area contributed by atoms with Gasteiger partial charge in [0.25, 0.3) is 0 Å². The molecule has 0 aromatic carbocycles. The van der Waals surface area contributed by atoms with Crippen LogP contribution in [0.5, 0.6) is 0 Å². The number of carboxylic acids is 1. The lowest BCUT2D eigenvalue weighted by Crippen LogP contribution is -2.48. The zero-order valence-electron chi connectivity index (χ0n) is 10.9. The largest absolute Gasteiger partial charge is 0.480 e. The fourth-order valence-corrected chi connectivity index (χ4v) is 1.16.